The average Bonchev–Trinajstić information content (AvgIpc) is 3.72. The van der Waals surface area contributed by atoms with Gasteiger partial charge in [-0.1, -0.05) is 127 Å². The van der Waals surface area contributed by atoms with E-state index in [4.69, 9.17) is 9.97 Å². The van der Waals surface area contributed by atoms with Gasteiger partial charge >= 0.3 is 0 Å². The predicted molar refractivity (Wildman–Crippen MR) is 213 cm³/mol. The van der Waals surface area contributed by atoms with E-state index < -0.39 is 0 Å². The molecule has 0 spiro atoms. The molecule has 0 atom stereocenters. The van der Waals surface area contributed by atoms with E-state index in [-0.39, 0.29) is 0 Å². The summed E-state index contributed by atoms with van der Waals surface area (Å²) in [6.07, 6.45) is 0. The van der Waals surface area contributed by atoms with E-state index in [0.29, 0.717) is 5.95 Å². The first-order chi connectivity index (χ1) is 25.3. The van der Waals surface area contributed by atoms with Gasteiger partial charge in [0.15, 0.2) is 0 Å². The van der Waals surface area contributed by atoms with Crippen molar-refractivity contribution in [2.24, 2.45) is 0 Å². The highest BCUT2D eigenvalue weighted by Crippen LogP contribution is 2.48. The highest BCUT2D eigenvalue weighted by Gasteiger charge is 2.27. The van der Waals surface area contributed by atoms with Gasteiger partial charge in [0, 0.05) is 48.0 Å². The molecular formula is C46H26N4S. The maximum absolute atomic E-state index is 5.54. The van der Waals surface area contributed by atoms with Crippen LogP contribution in [0.3, 0.4) is 0 Å². The SMILES string of the molecule is c1ccc(-n2c3ccc4ccccc4c3c3ccc4c5c6ccccc6ccc5n(-c5nc6c7c(cccc7n5)Sc5ccccc5-6)c4c32)cc1. The fourth-order valence-corrected chi connectivity index (χ4v) is 9.69. The van der Waals surface area contributed by atoms with Crippen LogP contribution < -0.4 is 0 Å². The van der Waals surface area contributed by atoms with Crippen molar-refractivity contribution in [3.05, 3.63) is 158 Å². The van der Waals surface area contributed by atoms with Gasteiger partial charge in [-0.2, -0.15) is 0 Å². The number of fused-ring (bicyclic) bond motifs is 13. The third-order valence-corrected chi connectivity index (χ3v) is 11.8. The Bertz CT molecular complexity index is 3280. The van der Waals surface area contributed by atoms with Crippen LogP contribution in [0, 0.1) is 0 Å². The Morgan fingerprint density at radius 1 is 0.412 bits per heavy atom. The molecule has 0 N–H and O–H groups in total. The second kappa shape index (κ2) is 10.1. The highest BCUT2D eigenvalue weighted by molar-refractivity contribution is 7.99. The molecule has 4 heterocycles. The summed E-state index contributed by atoms with van der Waals surface area (Å²) in [6, 6.07) is 57.0. The van der Waals surface area contributed by atoms with Crippen molar-refractivity contribution in [2.75, 3.05) is 0 Å². The maximum Gasteiger partial charge on any atom is 0.235 e. The van der Waals surface area contributed by atoms with E-state index in [9.17, 15) is 0 Å². The lowest BCUT2D eigenvalue weighted by Crippen LogP contribution is -2.06. The van der Waals surface area contributed by atoms with Gasteiger partial charge in [-0.15, -0.1) is 0 Å². The molecule has 1 aliphatic rings. The van der Waals surface area contributed by atoms with Crippen molar-refractivity contribution in [2.45, 2.75) is 9.79 Å². The summed E-state index contributed by atoms with van der Waals surface area (Å²) in [5.41, 5.74) is 8.71. The third-order valence-electron chi connectivity index (χ3n) is 10.7. The van der Waals surface area contributed by atoms with Crippen LogP contribution in [0.1, 0.15) is 0 Å². The summed E-state index contributed by atoms with van der Waals surface area (Å²) in [6.45, 7) is 0. The number of para-hydroxylation sites is 1. The van der Waals surface area contributed by atoms with E-state index in [2.05, 4.69) is 167 Å². The molecule has 0 amide bonds. The molecule has 0 saturated carbocycles. The van der Waals surface area contributed by atoms with E-state index >= 15 is 0 Å². The predicted octanol–water partition coefficient (Wildman–Crippen LogP) is 12.3. The smallest absolute Gasteiger partial charge is 0.235 e. The fraction of sp³-hybridized carbons (Fsp3) is 0. The second-order valence-electron chi connectivity index (χ2n) is 13.3. The lowest BCUT2D eigenvalue weighted by atomic mass is 10.0. The van der Waals surface area contributed by atoms with E-state index in [1.807, 2.05) is 0 Å². The minimum atomic E-state index is 0.675. The standard InChI is InChI=1S/C46H26N4S/c1-2-13-29(14-3-1)49-36-25-21-27-11-4-6-15-30(27)40(36)33-23-24-34-41-31-16-7-5-12-28(31)22-26-37(41)50(45(34)44(33)49)46-47-35-18-10-20-39-42(35)43(48-46)32-17-8-9-19-38(32)51-39/h1-26H. The molecule has 12 rings (SSSR count). The van der Waals surface area contributed by atoms with Crippen LogP contribution in [-0.4, -0.2) is 19.1 Å². The Kier molecular flexibility index (Phi) is 5.41. The number of nitrogens with zero attached hydrogens (tertiary/aromatic N) is 4. The third kappa shape index (κ3) is 3.65. The van der Waals surface area contributed by atoms with E-state index in [1.165, 1.54) is 58.4 Å². The van der Waals surface area contributed by atoms with Crippen molar-refractivity contribution in [1.29, 1.82) is 0 Å². The second-order valence-corrected chi connectivity index (χ2v) is 14.4. The summed E-state index contributed by atoms with van der Waals surface area (Å²) in [7, 11) is 0. The molecule has 11 aromatic rings. The van der Waals surface area contributed by atoms with Crippen LogP contribution in [0.4, 0.5) is 0 Å². The molecule has 1 aliphatic heterocycles. The summed E-state index contributed by atoms with van der Waals surface area (Å²) in [4.78, 5) is 13.4. The van der Waals surface area contributed by atoms with Crippen LogP contribution in [0.15, 0.2) is 168 Å². The molecular weight excluding hydrogens is 641 g/mol. The first kappa shape index (κ1) is 27.4. The lowest BCUT2D eigenvalue weighted by molar-refractivity contribution is 1.01. The Morgan fingerprint density at radius 2 is 1.02 bits per heavy atom. The molecule has 8 aromatic carbocycles. The van der Waals surface area contributed by atoms with E-state index in [0.717, 1.165) is 44.4 Å². The quantitative estimate of drug-likeness (QED) is 0.184. The summed E-state index contributed by atoms with van der Waals surface area (Å²) < 4.78 is 4.79. The molecule has 4 nitrogen and oxygen atoms in total. The lowest BCUT2D eigenvalue weighted by Gasteiger charge is -2.20. The monoisotopic (exact) mass is 666 g/mol. The summed E-state index contributed by atoms with van der Waals surface area (Å²) >= 11 is 1.80. The van der Waals surface area contributed by atoms with Gasteiger partial charge in [0.05, 0.1) is 33.3 Å². The summed E-state index contributed by atoms with van der Waals surface area (Å²) in [5, 5.41) is 10.9. The zero-order valence-electron chi connectivity index (χ0n) is 27.2. The maximum atomic E-state index is 5.54. The molecule has 5 heteroatoms. The van der Waals surface area contributed by atoms with Gasteiger partial charge in [0.1, 0.15) is 0 Å². The van der Waals surface area contributed by atoms with Crippen LogP contribution in [-0.2, 0) is 0 Å². The van der Waals surface area contributed by atoms with Crippen molar-refractivity contribution in [3.63, 3.8) is 0 Å². The molecule has 236 valence electrons. The van der Waals surface area contributed by atoms with Crippen LogP contribution in [0.2, 0.25) is 0 Å². The van der Waals surface area contributed by atoms with Crippen molar-refractivity contribution >= 4 is 87.8 Å². The number of rotatable bonds is 2. The number of hydrogen-bond acceptors (Lipinski definition) is 3. The minimum absolute atomic E-state index is 0.675. The molecule has 0 fully saturated rings. The van der Waals surface area contributed by atoms with Crippen molar-refractivity contribution in [1.82, 2.24) is 19.1 Å². The van der Waals surface area contributed by atoms with Crippen molar-refractivity contribution in [3.8, 4) is 22.9 Å². The molecule has 3 aromatic heterocycles. The van der Waals surface area contributed by atoms with Gasteiger partial charge in [-0.3, -0.25) is 4.57 Å². The number of benzene rings is 8. The van der Waals surface area contributed by atoms with Crippen LogP contribution in [0.25, 0.3) is 99.0 Å². The minimum Gasteiger partial charge on any atom is -0.307 e. The molecule has 0 radical (unpaired) electrons. The summed E-state index contributed by atoms with van der Waals surface area (Å²) in [5.74, 6) is 0.675. The molecule has 51 heavy (non-hydrogen) atoms. The van der Waals surface area contributed by atoms with Gasteiger partial charge in [0.25, 0.3) is 0 Å². The van der Waals surface area contributed by atoms with Gasteiger partial charge in [-0.25, -0.2) is 9.97 Å². The molecule has 0 saturated heterocycles. The first-order valence-corrected chi connectivity index (χ1v) is 18.1. The molecule has 0 unspecified atom stereocenters. The molecule has 0 aliphatic carbocycles. The first-order valence-electron chi connectivity index (χ1n) is 17.3. The van der Waals surface area contributed by atoms with E-state index in [1.54, 1.807) is 11.8 Å². The largest absolute Gasteiger partial charge is 0.307 e. The van der Waals surface area contributed by atoms with Gasteiger partial charge in [-0.05, 0) is 64.0 Å². The Morgan fingerprint density at radius 3 is 1.76 bits per heavy atom. The Labute approximate surface area is 296 Å². The zero-order chi connectivity index (χ0) is 33.2. The van der Waals surface area contributed by atoms with Crippen LogP contribution in [0.5, 0.6) is 0 Å². The average molecular weight is 667 g/mol. The fourth-order valence-electron chi connectivity index (χ4n) is 8.58. The number of hydrogen-bond donors (Lipinski definition) is 0. The molecule has 0 bridgehead atoms. The topological polar surface area (TPSA) is 35.6 Å². The highest BCUT2D eigenvalue weighted by atomic mass is 32.2. The van der Waals surface area contributed by atoms with Crippen molar-refractivity contribution < 1.29 is 0 Å². The van der Waals surface area contributed by atoms with Gasteiger partial charge in [0.2, 0.25) is 5.95 Å². The Hall–Kier alpha value is -6.43. The van der Waals surface area contributed by atoms with Crippen LogP contribution >= 0.6 is 11.8 Å². The Balaban J connectivity index is 1.34. The number of aromatic nitrogens is 4. The van der Waals surface area contributed by atoms with Gasteiger partial charge < -0.3 is 4.57 Å². The normalized spacial score (nSPS) is 12.6. The zero-order valence-corrected chi connectivity index (χ0v) is 28.0.